The number of rotatable bonds is 8. The Bertz CT molecular complexity index is 1190. The van der Waals surface area contributed by atoms with E-state index in [0.29, 0.717) is 24.9 Å². The molecule has 4 rings (SSSR count). The van der Waals surface area contributed by atoms with Crippen molar-refractivity contribution >= 4 is 34.8 Å². The van der Waals surface area contributed by atoms with E-state index >= 15 is 0 Å². The van der Waals surface area contributed by atoms with Crippen LogP contribution in [0.3, 0.4) is 0 Å². The summed E-state index contributed by atoms with van der Waals surface area (Å²) in [5, 5.41) is 16.9. The highest BCUT2D eigenvalue weighted by Gasteiger charge is 2.24. The van der Waals surface area contributed by atoms with Gasteiger partial charge in [-0.25, -0.2) is 0 Å². The molecule has 3 aromatic carbocycles. The van der Waals surface area contributed by atoms with E-state index in [-0.39, 0.29) is 18.3 Å². The molecule has 7 heteroatoms. The lowest BCUT2D eigenvalue weighted by atomic mass is 9.99. The lowest BCUT2D eigenvalue weighted by molar-refractivity contribution is -0.135. The van der Waals surface area contributed by atoms with Gasteiger partial charge in [0.25, 0.3) is 0 Å². The van der Waals surface area contributed by atoms with Crippen LogP contribution >= 0.6 is 0 Å². The molecule has 0 aliphatic carbocycles. The number of para-hydroxylation sites is 1. The van der Waals surface area contributed by atoms with Gasteiger partial charge in [-0.2, -0.15) is 0 Å². The summed E-state index contributed by atoms with van der Waals surface area (Å²) in [4.78, 5) is 28.2. The minimum Gasteiger partial charge on any atom is -0.480 e. The minimum absolute atomic E-state index is 0.0288. The molecule has 0 aromatic heterocycles. The summed E-state index contributed by atoms with van der Waals surface area (Å²) in [5.41, 5.74) is 10.8. The number of hydrogen-bond acceptors (Lipinski definition) is 4. The third-order valence-corrected chi connectivity index (χ3v) is 6.05. The third kappa shape index (κ3) is 5.26. The van der Waals surface area contributed by atoms with Crippen molar-refractivity contribution in [1.82, 2.24) is 0 Å². The van der Waals surface area contributed by atoms with Crippen LogP contribution in [0, 0.1) is 5.41 Å². The zero-order chi connectivity index (χ0) is 24.1. The molecule has 174 valence electrons. The molecule has 1 amide bonds. The van der Waals surface area contributed by atoms with Gasteiger partial charge in [0.2, 0.25) is 5.91 Å². The maximum absolute atomic E-state index is 13.1. The van der Waals surface area contributed by atoms with E-state index < -0.39 is 5.97 Å². The van der Waals surface area contributed by atoms with E-state index in [1.54, 1.807) is 17.0 Å². The number of nitrogen functional groups attached to an aromatic ring is 1. The highest BCUT2D eigenvalue weighted by Crippen LogP contribution is 2.34. The molecule has 4 N–H and O–H groups in total. The minimum atomic E-state index is -0.908. The number of anilines is 3. The Morgan fingerprint density at radius 3 is 2.41 bits per heavy atom. The SMILES string of the molecule is N=C(N)c1ccc(CCC(=O)N2CCCc3cc(N(CC(=O)O)c4ccccc4)ccc32)cc1. The van der Waals surface area contributed by atoms with Crippen molar-refractivity contribution in [3.63, 3.8) is 0 Å². The Kier molecular flexibility index (Phi) is 6.92. The van der Waals surface area contributed by atoms with Gasteiger partial charge in [0.05, 0.1) is 0 Å². The number of carbonyl (C=O) groups is 2. The van der Waals surface area contributed by atoms with Crippen LogP contribution in [0.5, 0.6) is 0 Å². The van der Waals surface area contributed by atoms with E-state index in [0.717, 1.165) is 41.0 Å². The average molecular weight is 457 g/mol. The maximum Gasteiger partial charge on any atom is 0.323 e. The second-order valence-corrected chi connectivity index (χ2v) is 8.39. The summed E-state index contributed by atoms with van der Waals surface area (Å²) in [7, 11) is 0. The summed E-state index contributed by atoms with van der Waals surface area (Å²) >= 11 is 0. The predicted octanol–water partition coefficient (Wildman–Crippen LogP) is 4.11. The molecule has 1 heterocycles. The number of carboxylic acid groups (broad SMARTS) is 1. The maximum atomic E-state index is 13.1. The van der Waals surface area contributed by atoms with Gasteiger partial charge in [0, 0.05) is 35.6 Å². The number of aliphatic carboxylic acids is 1. The molecule has 0 fully saturated rings. The fraction of sp³-hybridized carbons (Fsp3) is 0.222. The first-order valence-corrected chi connectivity index (χ1v) is 11.3. The standard InChI is InChI=1S/C27H28N4O3/c28-27(29)20-11-8-19(9-12-20)10-15-25(32)30-16-4-5-21-17-23(13-14-24(21)30)31(18-26(33)34)22-6-2-1-3-7-22/h1-3,6-9,11-14,17H,4-5,10,15-16,18H2,(H3,28,29)(H,33,34). The lowest BCUT2D eigenvalue weighted by Gasteiger charge is -2.31. The summed E-state index contributed by atoms with van der Waals surface area (Å²) in [6.45, 7) is 0.528. The predicted molar refractivity (Wildman–Crippen MR) is 134 cm³/mol. The monoisotopic (exact) mass is 456 g/mol. The molecule has 0 radical (unpaired) electrons. The molecule has 0 saturated carbocycles. The zero-order valence-corrected chi connectivity index (χ0v) is 18.9. The normalized spacial score (nSPS) is 12.6. The number of hydrogen-bond donors (Lipinski definition) is 3. The summed E-state index contributed by atoms with van der Waals surface area (Å²) in [5.74, 6) is -0.814. The highest BCUT2D eigenvalue weighted by molar-refractivity contribution is 5.96. The average Bonchev–Trinajstić information content (AvgIpc) is 2.85. The van der Waals surface area contributed by atoms with Crippen LogP contribution in [0.15, 0.2) is 72.8 Å². The van der Waals surface area contributed by atoms with Crippen molar-refractivity contribution in [3.8, 4) is 0 Å². The number of fused-ring (bicyclic) bond motifs is 1. The van der Waals surface area contributed by atoms with E-state index in [9.17, 15) is 14.7 Å². The van der Waals surface area contributed by atoms with Crippen LogP contribution < -0.4 is 15.5 Å². The van der Waals surface area contributed by atoms with Crippen molar-refractivity contribution in [2.45, 2.75) is 25.7 Å². The largest absolute Gasteiger partial charge is 0.480 e. The molecule has 7 nitrogen and oxygen atoms in total. The van der Waals surface area contributed by atoms with Gasteiger partial charge in [-0.05, 0) is 60.7 Å². The first-order valence-electron chi connectivity index (χ1n) is 11.3. The van der Waals surface area contributed by atoms with Gasteiger partial charge < -0.3 is 20.6 Å². The van der Waals surface area contributed by atoms with Crippen LogP contribution in [0.1, 0.15) is 29.5 Å². The van der Waals surface area contributed by atoms with Crippen molar-refractivity contribution in [2.75, 3.05) is 22.9 Å². The van der Waals surface area contributed by atoms with E-state index in [1.165, 1.54) is 0 Å². The molecule has 0 saturated heterocycles. The Hall–Kier alpha value is -4.13. The Balaban J connectivity index is 1.51. The number of amidine groups is 1. The van der Waals surface area contributed by atoms with Crippen molar-refractivity contribution in [3.05, 3.63) is 89.5 Å². The molecule has 0 unspecified atom stereocenters. The lowest BCUT2D eigenvalue weighted by Crippen LogP contribution is -2.35. The number of aryl methyl sites for hydroxylation is 2. The summed E-state index contributed by atoms with van der Waals surface area (Å²) < 4.78 is 0. The van der Waals surface area contributed by atoms with Crippen LogP contribution in [0.2, 0.25) is 0 Å². The van der Waals surface area contributed by atoms with E-state index in [4.69, 9.17) is 11.1 Å². The first kappa shape index (κ1) is 23.0. The second kappa shape index (κ2) is 10.2. The molecule has 1 aliphatic rings. The Morgan fingerprint density at radius 1 is 1.00 bits per heavy atom. The second-order valence-electron chi connectivity index (χ2n) is 8.39. The molecule has 1 aliphatic heterocycles. The van der Waals surface area contributed by atoms with Crippen LogP contribution in [0.4, 0.5) is 17.1 Å². The molecule has 0 spiro atoms. The van der Waals surface area contributed by atoms with Crippen LogP contribution in [0.25, 0.3) is 0 Å². The number of nitrogens with two attached hydrogens (primary N) is 1. The third-order valence-electron chi connectivity index (χ3n) is 6.05. The van der Waals surface area contributed by atoms with Gasteiger partial charge in [0.1, 0.15) is 12.4 Å². The van der Waals surface area contributed by atoms with Gasteiger partial charge in [0.15, 0.2) is 0 Å². The van der Waals surface area contributed by atoms with Crippen LogP contribution in [-0.4, -0.2) is 35.9 Å². The number of benzene rings is 3. The van der Waals surface area contributed by atoms with Gasteiger partial charge in [-0.3, -0.25) is 15.0 Å². The Morgan fingerprint density at radius 2 is 1.74 bits per heavy atom. The molecular formula is C27H28N4O3. The van der Waals surface area contributed by atoms with Gasteiger partial charge in [-0.1, -0.05) is 42.5 Å². The molecule has 34 heavy (non-hydrogen) atoms. The summed E-state index contributed by atoms with van der Waals surface area (Å²) in [6.07, 6.45) is 2.70. The van der Waals surface area contributed by atoms with Gasteiger partial charge >= 0.3 is 5.97 Å². The molecule has 0 atom stereocenters. The van der Waals surface area contributed by atoms with Gasteiger partial charge in [-0.15, -0.1) is 0 Å². The first-order chi connectivity index (χ1) is 16.4. The number of carboxylic acids is 1. The fourth-order valence-electron chi connectivity index (χ4n) is 4.32. The van der Waals surface area contributed by atoms with E-state index in [1.807, 2.05) is 65.6 Å². The smallest absolute Gasteiger partial charge is 0.323 e. The molecule has 3 aromatic rings. The number of nitrogens with zero attached hydrogens (tertiary/aromatic N) is 2. The van der Waals surface area contributed by atoms with E-state index in [2.05, 4.69) is 0 Å². The molecule has 0 bridgehead atoms. The van der Waals surface area contributed by atoms with Crippen molar-refractivity contribution in [1.29, 1.82) is 5.41 Å². The Labute approximate surface area is 198 Å². The zero-order valence-electron chi connectivity index (χ0n) is 18.9. The van der Waals surface area contributed by atoms with Crippen LogP contribution in [-0.2, 0) is 22.4 Å². The quantitative estimate of drug-likeness (QED) is 0.349. The topological polar surface area (TPSA) is 111 Å². The molecular weight excluding hydrogens is 428 g/mol. The number of amides is 1. The summed E-state index contributed by atoms with van der Waals surface area (Å²) in [6, 6.07) is 22.7. The number of carbonyl (C=O) groups excluding carboxylic acids is 1. The highest BCUT2D eigenvalue weighted by atomic mass is 16.4. The number of nitrogens with one attached hydrogen (secondary N) is 1. The van der Waals surface area contributed by atoms with Crippen molar-refractivity contribution in [2.24, 2.45) is 5.73 Å². The fourth-order valence-corrected chi connectivity index (χ4v) is 4.32. The van der Waals surface area contributed by atoms with Crippen molar-refractivity contribution < 1.29 is 14.7 Å².